The number of phosphoric ester groups is 1. The molecule has 0 bridgehead atoms. The first-order valence-corrected chi connectivity index (χ1v) is 31.0. The molecular weight excluding hydrogens is 852 g/mol. The van der Waals surface area contributed by atoms with Crippen molar-refractivity contribution in [1.82, 2.24) is 5.32 Å². The Balaban J connectivity index is 4.03. The number of unbranched alkanes of at least 4 members (excludes halogenated alkanes) is 42. The van der Waals surface area contributed by atoms with E-state index in [0.717, 1.165) is 38.5 Å². The van der Waals surface area contributed by atoms with Crippen molar-refractivity contribution >= 4 is 13.7 Å². The van der Waals surface area contributed by atoms with E-state index in [0.29, 0.717) is 17.4 Å². The van der Waals surface area contributed by atoms with Crippen molar-refractivity contribution < 1.29 is 32.9 Å². The molecule has 2 N–H and O–H groups in total. The summed E-state index contributed by atoms with van der Waals surface area (Å²) < 4.78 is 23.3. The number of allylic oxidation sites excluding steroid dienone is 1. The second kappa shape index (κ2) is 50.2. The van der Waals surface area contributed by atoms with Gasteiger partial charge in [0.05, 0.1) is 39.9 Å². The quantitative estimate of drug-likeness (QED) is 0.0272. The number of nitrogens with one attached hydrogen (secondary N) is 1. The molecule has 0 aliphatic heterocycles. The molecular formula is C58H117N2O6P. The fourth-order valence-electron chi connectivity index (χ4n) is 9.10. The summed E-state index contributed by atoms with van der Waals surface area (Å²) in [4.78, 5) is 25.5. The van der Waals surface area contributed by atoms with Crippen LogP contribution in [0.5, 0.6) is 0 Å². The van der Waals surface area contributed by atoms with Gasteiger partial charge in [0, 0.05) is 6.42 Å². The molecule has 3 atom stereocenters. The van der Waals surface area contributed by atoms with E-state index in [4.69, 9.17) is 9.05 Å². The minimum atomic E-state index is -4.59. The summed E-state index contributed by atoms with van der Waals surface area (Å²) in [6.07, 6.45) is 61.6. The number of quaternary nitrogens is 1. The summed E-state index contributed by atoms with van der Waals surface area (Å²) in [5.74, 6) is -0.190. The minimum absolute atomic E-state index is 0.00255. The number of aliphatic hydroxyl groups is 1. The van der Waals surface area contributed by atoms with E-state index >= 15 is 0 Å². The SMILES string of the molecule is CCCCCCCCCCCCCCC/C=C/[C@@H](O)[C@H](COP(=O)([O-])OCC[N+](C)(C)C)NC(=O)CCCCCCCCCCCCCCCCCCCCCCCCCCCCCCCC. The van der Waals surface area contributed by atoms with Crippen LogP contribution in [0.1, 0.15) is 303 Å². The number of nitrogens with zero attached hydrogens (tertiary/aromatic N) is 1. The number of rotatable bonds is 55. The van der Waals surface area contributed by atoms with Gasteiger partial charge in [0.25, 0.3) is 7.82 Å². The molecule has 0 aliphatic rings. The van der Waals surface area contributed by atoms with Gasteiger partial charge in [0.15, 0.2) is 0 Å². The summed E-state index contributed by atoms with van der Waals surface area (Å²) in [5.41, 5.74) is 0. The number of hydrogen-bond donors (Lipinski definition) is 2. The Bertz CT molecular complexity index is 1100. The molecule has 67 heavy (non-hydrogen) atoms. The van der Waals surface area contributed by atoms with Crippen molar-refractivity contribution in [2.75, 3.05) is 40.9 Å². The largest absolute Gasteiger partial charge is 0.756 e. The standard InChI is InChI=1S/C58H117N2O6P/c1-6-8-10-12-14-16-18-20-22-23-24-25-26-27-28-29-30-31-32-33-34-35-36-38-40-42-44-46-48-50-52-58(62)59-56(55-66-67(63,64)65-54-53-60(3,4)5)57(61)51-49-47-45-43-41-39-37-21-19-17-15-13-11-9-7-2/h49,51,56-57,61H,6-48,50,52-55H2,1-5H3,(H-,59,62,63,64)/b51-49+/t56-,57+/m0/s1. The van der Waals surface area contributed by atoms with Gasteiger partial charge in [-0.15, -0.1) is 0 Å². The molecule has 400 valence electrons. The third-order valence-electron chi connectivity index (χ3n) is 13.7. The molecule has 0 saturated carbocycles. The first-order valence-electron chi connectivity index (χ1n) is 29.6. The average Bonchev–Trinajstić information content (AvgIpc) is 3.29. The fraction of sp³-hybridized carbons (Fsp3) is 0.948. The van der Waals surface area contributed by atoms with Crippen LogP contribution in [-0.2, 0) is 18.4 Å². The van der Waals surface area contributed by atoms with Gasteiger partial charge in [-0.3, -0.25) is 9.36 Å². The Morgan fingerprint density at radius 2 is 0.806 bits per heavy atom. The second-order valence-electron chi connectivity index (χ2n) is 21.7. The first-order chi connectivity index (χ1) is 32.5. The van der Waals surface area contributed by atoms with Crippen LogP contribution in [-0.4, -0.2) is 68.5 Å². The highest BCUT2D eigenvalue weighted by Gasteiger charge is 2.23. The smallest absolute Gasteiger partial charge is 0.268 e. The Kier molecular flexibility index (Phi) is 49.6. The molecule has 0 aromatic heterocycles. The van der Waals surface area contributed by atoms with Gasteiger partial charge in [0.1, 0.15) is 13.2 Å². The molecule has 1 amide bonds. The monoisotopic (exact) mass is 969 g/mol. The van der Waals surface area contributed by atoms with Crippen molar-refractivity contribution in [2.45, 2.75) is 315 Å². The molecule has 1 unspecified atom stereocenters. The maximum atomic E-state index is 13.0. The van der Waals surface area contributed by atoms with Crippen LogP contribution < -0.4 is 10.2 Å². The highest BCUT2D eigenvalue weighted by Crippen LogP contribution is 2.38. The third kappa shape index (κ3) is 52.9. The van der Waals surface area contributed by atoms with Crippen LogP contribution >= 0.6 is 7.82 Å². The Hall–Kier alpha value is -0.760. The van der Waals surface area contributed by atoms with Gasteiger partial charge < -0.3 is 28.8 Å². The first kappa shape index (κ1) is 66.2. The van der Waals surface area contributed by atoms with Gasteiger partial charge in [-0.25, -0.2) is 0 Å². The average molecular weight is 970 g/mol. The molecule has 0 radical (unpaired) electrons. The van der Waals surface area contributed by atoms with Crippen LogP contribution in [0.25, 0.3) is 0 Å². The van der Waals surface area contributed by atoms with Crippen molar-refractivity contribution in [2.24, 2.45) is 0 Å². The molecule has 0 aromatic rings. The predicted octanol–water partition coefficient (Wildman–Crippen LogP) is 17.2. The van der Waals surface area contributed by atoms with Crippen LogP contribution in [0.4, 0.5) is 0 Å². The molecule has 0 fully saturated rings. The van der Waals surface area contributed by atoms with Gasteiger partial charge in [-0.05, 0) is 19.3 Å². The zero-order valence-electron chi connectivity index (χ0n) is 45.6. The second-order valence-corrected chi connectivity index (χ2v) is 23.1. The molecule has 0 rings (SSSR count). The van der Waals surface area contributed by atoms with E-state index in [-0.39, 0.29) is 19.1 Å². The van der Waals surface area contributed by atoms with Gasteiger partial charge in [-0.1, -0.05) is 289 Å². The Morgan fingerprint density at radius 1 is 0.507 bits per heavy atom. The zero-order chi connectivity index (χ0) is 49.2. The normalized spacial score (nSPS) is 14.0. The number of carbonyl (C=O) groups excluding carboxylic acids is 1. The topological polar surface area (TPSA) is 108 Å². The lowest BCUT2D eigenvalue weighted by molar-refractivity contribution is -0.870. The number of hydrogen-bond acceptors (Lipinski definition) is 6. The highest BCUT2D eigenvalue weighted by atomic mass is 31.2. The number of amides is 1. The van der Waals surface area contributed by atoms with Crippen LogP contribution in [0.15, 0.2) is 12.2 Å². The van der Waals surface area contributed by atoms with Gasteiger partial charge in [-0.2, -0.15) is 0 Å². The van der Waals surface area contributed by atoms with Crippen LogP contribution in [0.2, 0.25) is 0 Å². The maximum absolute atomic E-state index is 13.0. The molecule has 9 heteroatoms. The summed E-state index contributed by atoms with van der Waals surface area (Å²) in [7, 11) is 1.28. The highest BCUT2D eigenvalue weighted by molar-refractivity contribution is 7.45. The van der Waals surface area contributed by atoms with Crippen LogP contribution in [0.3, 0.4) is 0 Å². The molecule has 0 aromatic carbocycles. The van der Waals surface area contributed by atoms with Crippen LogP contribution in [0, 0.1) is 0 Å². The zero-order valence-corrected chi connectivity index (χ0v) is 46.5. The summed E-state index contributed by atoms with van der Waals surface area (Å²) in [5, 5.41) is 13.9. The van der Waals surface area contributed by atoms with E-state index in [1.54, 1.807) is 6.08 Å². The van der Waals surface area contributed by atoms with Crippen molar-refractivity contribution in [3.8, 4) is 0 Å². The number of likely N-dealkylation sites (N-methyl/N-ethyl adjacent to an activating group) is 1. The van der Waals surface area contributed by atoms with E-state index in [1.807, 2.05) is 27.2 Å². The summed E-state index contributed by atoms with van der Waals surface area (Å²) in [6.45, 7) is 4.69. The van der Waals surface area contributed by atoms with Gasteiger partial charge >= 0.3 is 0 Å². The number of phosphoric acid groups is 1. The van der Waals surface area contributed by atoms with Crippen molar-refractivity contribution in [3.05, 3.63) is 12.2 Å². The number of aliphatic hydroxyl groups excluding tert-OH is 1. The Labute approximate surface area is 418 Å². The third-order valence-corrected chi connectivity index (χ3v) is 14.7. The molecule has 0 aliphatic carbocycles. The van der Waals surface area contributed by atoms with Gasteiger partial charge in [0.2, 0.25) is 5.91 Å². The maximum Gasteiger partial charge on any atom is 0.268 e. The lowest BCUT2D eigenvalue weighted by atomic mass is 10.0. The minimum Gasteiger partial charge on any atom is -0.756 e. The predicted molar refractivity (Wildman–Crippen MR) is 289 cm³/mol. The molecule has 0 heterocycles. The summed E-state index contributed by atoms with van der Waals surface area (Å²) >= 11 is 0. The summed E-state index contributed by atoms with van der Waals surface area (Å²) in [6, 6.07) is -0.881. The van der Waals surface area contributed by atoms with Crippen molar-refractivity contribution in [1.29, 1.82) is 0 Å². The molecule has 0 saturated heterocycles. The van der Waals surface area contributed by atoms with E-state index < -0.39 is 20.0 Å². The lowest BCUT2D eigenvalue weighted by Crippen LogP contribution is -2.45. The lowest BCUT2D eigenvalue weighted by Gasteiger charge is -2.29. The molecule has 0 spiro atoms. The van der Waals surface area contributed by atoms with E-state index in [1.165, 1.54) is 244 Å². The fourth-order valence-corrected chi connectivity index (χ4v) is 9.82. The van der Waals surface area contributed by atoms with E-state index in [2.05, 4.69) is 19.2 Å². The molecule has 8 nitrogen and oxygen atoms in total. The van der Waals surface area contributed by atoms with E-state index in [9.17, 15) is 19.4 Å². The van der Waals surface area contributed by atoms with Crippen molar-refractivity contribution in [3.63, 3.8) is 0 Å². The Morgan fingerprint density at radius 3 is 1.12 bits per heavy atom. The number of carbonyl (C=O) groups is 1.